The van der Waals surface area contributed by atoms with E-state index in [-0.39, 0.29) is 80.5 Å². The molecule has 6 aliphatic heterocycles. The van der Waals surface area contributed by atoms with Crippen LogP contribution in [0.4, 0.5) is 70.6 Å². The van der Waals surface area contributed by atoms with Gasteiger partial charge in [-0.05, 0) is 115 Å². The quantitative estimate of drug-likeness (QED) is 0.124. The standard InChI is InChI=1S/2C26H28ClF3N6O2/c2*1-26(2,3)38-25(37)36-12-15-5-6-16(36)11-35(15)20-9-8-18-23(34-20)24(32-13-31-18)33-17-7-4-14(10-19(28)29)21(27)22(17)30/h2*4,7-9,13,15-16,19H,5-6,10-12H2,1-3H3,(H,31,32,33)/t15?,16-;/m1./s1. The summed E-state index contributed by atoms with van der Waals surface area (Å²) in [5.74, 6) is 0.211. The molecule has 2 aromatic carbocycles. The molecule has 4 atom stereocenters. The summed E-state index contributed by atoms with van der Waals surface area (Å²) in [6, 6.07) is 12.9. The van der Waals surface area contributed by atoms with Crippen LogP contribution in [-0.2, 0) is 22.3 Å². The van der Waals surface area contributed by atoms with Gasteiger partial charge in [0.05, 0.1) is 44.5 Å². The largest absolute Gasteiger partial charge is 0.444 e. The summed E-state index contributed by atoms with van der Waals surface area (Å²) >= 11 is 12.0. The SMILES string of the molecule is CC(C)(C)OC(=O)N1CC2CCC1CN2c1ccc2ncnc(Nc3ccc(CC(F)F)c(Cl)c3F)c2n1.CC(C)(C)OC(=O)N1CC2CC[C@@H]1CN2c1ccc2ncnc(Nc3ccc(CC(F)F)c(Cl)c3F)c2n1. The number of ether oxygens (including phenoxy) is 2. The highest BCUT2D eigenvalue weighted by molar-refractivity contribution is 6.32. The second-order valence-electron chi connectivity index (χ2n) is 21.1. The van der Waals surface area contributed by atoms with Gasteiger partial charge in [0, 0.05) is 51.1 Å². The van der Waals surface area contributed by atoms with E-state index in [4.69, 9.17) is 42.6 Å². The molecular weight excluding hydrogens is 1040 g/mol. The Labute approximate surface area is 444 Å². The van der Waals surface area contributed by atoms with Gasteiger partial charge < -0.3 is 39.7 Å². The Morgan fingerprint density at radius 1 is 0.579 bits per heavy atom. The van der Waals surface area contributed by atoms with Crippen LogP contribution in [0.1, 0.15) is 78.4 Å². The van der Waals surface area contributed by atoms with E-state index < -0.39 is 48.5 Å². The molecule has 0 radical (unpaired) electrons. The molecule has 0 aliphatic carbocycles. The fraction of sp³-hybridized carbons (Fsp3) is 0.462. The Hall–Kier alpha value is -6.68. The number of piperazine rings is 2. The van der Waals surface area contributed by atoms with Gasteiger partial charge in [0.25, 0.3) is 0 Å². The number of hydrogen-bond donors (Lipinski definition) is 2. The van der Waals surface area contributed by atoms with Crippen LogP contribution in [0.2, 0.25) is 10.0 Å². The van der Waals surface area contributed by atoms with Crippen molar-refractivity contribution in [2.24, 2.45) is 0 Å². The highest BCUT2D eigenvalue weighted by Gasteiger charge is 2.44. The van der Waals surface area contributed by atoms with Gasteiger partial charge in [-0.25, -0.2) is 65.8 Å². The number of benzene rings is 2. The van der Waals surface area contributed by atoms with E-state index in [0.29, 0.717) is 59.9 Å². The maximum Gasteiger partial charge on any atom is 0.410 e. The lowest BCUT2D eigenvalue weighted by Crippen LogP contribution is -2.64. The van der Waals surface area contributed by atoms with Crippen molar-refractivity contribution in [3.8, 4) is 0 Å². The second-order valence-corrected chi connectivity index (χ2v) is 21.9. The molecular formula is C52H56Cl2F6N12O4. The van der Waals surface area contributed by atoms with E-state index >= 15 is 0 Å². The van der Waals surface area contributed by atoms with E-state index in [1.54, 1.807) is 9.80 Å². The van der Waals surface area contributed by atoms with E-state index in [0.717, 1.165) is 25.7 Å². The fourth-order valence-corrected chi connectivity index (χ4v) is 10.4. The molecule has 24 heteroatoms. The number of halogens is 8. The number of hydrogen-bond acceptors (Lipinski definition) is 14. The molecule has 4 aromatic heterocycles. The van der Waals surface area contributed by atoms with Gasteiger partial charge >= 0.3 is 12.2 Å². The van der Waals surface area contributed by atoms with Crippen molar-refractivity contribution in [3.63, 3.8) is 0 Å². The number of alkyl halides is 4. The fourth-order valence-electron chi connectivity index (χ4n) is 9.94. The topological polar surface area (TPSA) is 167 Å². The number of amides is 2. The summed E-state index contributed by atoms with van der Waals surface area (Å²) in [5.41, 5.74) is 0.833. The lowest BCUT2D eigenvalue weighted by atomic mass is 9.91. The van der Waals surface area contributed by atoms with Crippen molar-refractivity contribution in [3.05, 3.63) is 94.0 Å². The van der Waals surface area contributed by atoms with Crippen LogP contribution in [0, 0.1) is 11.6 Å². The van der Waals surface area contributed by atoms with Crippen LogP contribution < -0.4 is 20.4 Å². The lowest BCUT2D eigenvalue weighted by molar-refractivity contribution is -0.000118. The molecule has 6 aromatic rings. The Balaban J connectivity index is 0.000000186. The zero-order chi connectivity index (χ0) is 54.4. The summed E-state index contributed by atoms with van der Waals surface area (Å²) in [5, 5.41) is 5.07. The minimum Gasteiger partial charge on any atom is -0.444 e. The van der Waals surface area contributed by atoms with Gasteiger partial charge in [0.15, 0.2) is 23.3 Å². The number of rotatable bonds is 10. The molecule has 2 N–H and O–H groups in total. The molecule has 10 heterocycles. The van der Waals surface area contributed by atoms with Gasteiger partial charge in [-0.15, -0.1) is 0 Å². The number of pyridine rings is 2. The summed E-state index contributed by atoms with van der Waals surface area (Å²) in [6.45, 7) is 13.4. The molecule has 4 bridgehead atoms. The van der Waals surface area contributed by atoms with Gasteiger partial charge in [-0.2, -0.15) is 0 Å². The van der Waals surface area contributed by atoms with Crippen molar-refractivity contribution in [1.82, 2.24) is 39.7 Å². The summed E-state index contributed by atoms with van der Waals surface area (Å²) < 4.78 is 92.1. The number of carbonyl (C=O) groups is 2. The van der Waals surface area contributed by atoms with E-state index in [9.17, 15) is 35.9 Å². The van der Waals surface area contributed by atoms with E-state index in [1.807, 2.05) is 65.8 Å². The van der Waals surface area contributed by atoms with Crippen LogP contribution in [0.15, 0.2) is 61.2 Å². The van der Waals surface area contributed by atoms with Gasteiger partial charge in [0.1, 0.15) is 46.5 Å². The smallest absolute Gasteiger partial charge is 0.410 e. The van der Waals surface area contributed by atoms with Crippen LogP contribution in [-0.4, -0.2) is 126 Å². The normalized spacial score (nSPS) is 19.4. The van der Waals surface area contributed by atoms with E-state index in [2.05, 4.69) is 40.4 Å². The zero-order valence-electron chi connectivity index (χ0n) is 42.4. The zero-order valence-corrected chi connectivity index (χ0v) is 43.9. The monoisotopic (exact) mass is 1100 g/mol. The predicted molar refractivity (Wildman–Crippen MR) is 278 cm³/mol. The van der Waals surface area contributed by atoms with Gasteiger partial charge in [0.2, 0.25) is 12.9 Å². The van der Waals surface area contributed by atoms with Crippen LogP contribution in [0.5, 0.6) is 0 Å². The molecule has 6 saturated heterocycles. The summed E-state index contributed by atoms with van der Waals surface area (Å²) in [6.07, 6.45) is -0.920. The number of fused-ring (bicyclic) bond motifs is 8. The van der Waals surface area contributed by atoms with Crippen molar-refractivity contribution in [2.45, 2.75) is 128 Å². The van der Waals surface area contributed by atoms with Crippen LogP contribution in [0.25, 0.3) is 22.1 Å². The molecule has 3 unspecified atom stereocenters. The first-order valence-corrected chi connectivity index (χ1v) is 25.6. The maximum atomic E-state index is 14.9. The molecule has 12 rings (SSSR count). The van der Waals surface area contributed by atoms with Crippen molar-refractivity contribution in [2.75, 3.05) is 46.6 Å². The third-order valence-electron chi connectivity index (χ3n) is 13.4. The highest BCUT2D eigenvalue weighted by atomic mass is 35.5. The lowest BCUT2D eigenvalue weighted by Gasteiger charge is -2.51. The number of carbonyl (C=O) groups excluding carboxylic acids is 2. The first kappa shape index (κ1) is 54.1. The van der Waals surface area contributed by atoms with Crippen LogP contribution >= 0.6 is 23.2 Å². The molecule has 404 valence electrons. The number of anilines is 6. The molecule has 0 spiro atoms. The number of aromatic nitrogens is 6. The molecule has 6 aliphatic rings. The summed E-state index contributed by atoms with van der Waals surface area (Å²) in [4.78, 5) is 60.0. The van der Waals surface area contributed by atoms with Crippen molar-refractivity contribution in [1.29, 1.82) is 0 Å². The first-order valence-electron chi connectivity index (χ1n) is 24.8. The van der Waals surface area contributed by atoms with E-state index in [1.165, 1.54) is 36.9 Å². The summed E-state index contributed by atoms with van der Waals surface area (Å²) in [7, 11) is 0. The maximum absolute atomic E-state index is 14.9. The predicted octanol–water partition coefficient (Wildman–Crippen LogP) is 11.9. The first-order chi connectivity index (χ1) is 36.0. The minimum absolute atomic E-state index is 0.0000397. The number of nitrogens with zero attached hydrogens (tertiary/aromatic N) is 10. The number of nitrogens with one attached hydrogen (secondary N) is 2. The van der Waals surface area contributed by atoms with Gasteiger partial charge in [-0.3, -0.25) is 0 Å². The highest BCUT2D eigenvalue weighted by Crippen LogP contribution is 2.38. The molecule has 16 nitrogen and oxygen atoms in total. The van der Waals surface area contributed by atoms with Gasteiger partial charge in [-0.1, -0.05) is 35.3 Å². The van der Waals surface area contributed by atoms with Crippen molar-refractivity contribution >= 4 is 92.1 Å². The average molecular weight is 1100 g/mol. The molecule has 0 saturated carbocycles. The molecule has 6 fully saturated rings. The third-order valence-corrected chi connectivity index (χ3v) is 14.2. The van der Waals surface area contributed by atoms with Crippen molar-refractivity contribution < 1.29 is 45.4 Å². The van der Waals surface area contributed by atoms with Crippen LogP contribution in [0.3, 0.4) is 0 Å². The minimum atomic E-state index is -2.64. The Kier molecular flexibility index (Phi) is 15.5. The number of piperidine rings is 4. The average Bonchev–Trinajstić information content (AvgIpc) is 3.39. The Bertz CT molecular complexity index is 2940. The molecule has 76 heavy (non-hydrogen) atoms. The molecule has 2 amide bonds. The second kappa shape index (κ2) is 21.7. The Morgan fingerprint density at radius 2 is 0.961 bits per heavy atom. The third kappa shape index (κ3) is 12.0. The Morgan fingerprint density at radius 3 is 1.30 bits per heavy atom.